The number of aryl methyl sites for hydroxylation is 1. The van der Waals surface area contributed by atoms with Crippen LogP contribution in [0.1, 0.15) is 28.8 Å². The van der Waals surface area contributed by atoms with E-state index in [-0.39, 0.29) is 5.91 Å². The molecule has 5 nitrogen and oxygen atoms in total. The quantitative estimate of drug-likeness (QED) is 0.663. The van der Waals surface area contributed by atoms with Gasteiger partial charge in [0.25, 0.3) is 5.91 Å². The zero-order chi connectivity index (χ0) is 19.3. The van der Waals surface area contributed by atoms with Crippen LogP contribution in [0.25, 0.3) is 0 Å². The highest BCUT2D eigenvalue weighted by atomic mass is 16.1. The Morgan fingerprint density at radius 2 is 1.71 bits per heavy atom. The maximum atomic E-state index is 12.5. The predicted octanol–water partition coefficient (Wildman–Crippen LogP) is 4.99. The number of rotatable bonds is 5. The van der Waals surface area contributed by atoms with Crippen LogP contribution in [0.2, 0.25) is 0 Å². The van der Waals surface area contributed by atoms with E-state index in [2.05, 4.69) is 44.8 Å². The van der Waals surface area contributed by atoms with Crippen molar-refractivity contribution in [1.29, 1.82) is 0 Å². The fraction of sp³-hybridized carbons (Fsp3) is 0.217. The molecule has 1 aliphatic heterocycles. The highest BCUT2D eigenvalue weighted by Gasteiger charge is 2.12. The van der Waals surface area contributed by atoms with E-state index in [1.54, 1.807) is 12.4 Å². The topological polar surface area (TPSA) is 57.3 Å². The van der Waals surface area contributed by atoms with E-state index in [1.165, 1.54) is 18.5 Å². The zero-order valence-corrected chi connectivity index (χ0v) is 16.0. The number of amides is 1. The Morgan fingerprint density at radius 3 is 2.46 bits per heavy atom. The SMILES string of the molecule is Cc1cccc(NC(=O)c2cncc(Nc3ccc(N4CCCC4)cc3)c2)c1. The summed E-state index contributed by atoms with van der Waals surface area (Å²) in [7, 11) is 0. The van der Waals surface area contributed by atoms with Crippen LogP contribution in [-0.4, -0.2) is 24.0 Å². The number of carbonyl (C=O) groups excluding carboxylic acids is 1. The molecule has 0 aliphatic carbocycles. The summed E-state index contributed by atoms with van der Waals surface area (Å²) in [6, 6.07) is 17.9. The monoisotopic (exact) mass is 372 g/mol. The summed E-state index contributed by atoms with van der Waals surface area (Å²) in [5.41, 5.74) is 5.41. The zero-order valence-electron chi connectivity index (χ0n) is 16.0. The molecule has 1 fully saturated rings. The summed E-state index contributed by atoms with van der Waals surface area (Å²) in [5, 5.41) is 6.25. The largest absolute Gasteiger partial charge is 0.372 e. The number of nitrogens with one attached hydrogen (secondary N) is 2. The van der Waals surface area contributed by atoms with Crippen LogP contribution in [0.3, 0.4) is 0 Å². The first-order valence-corrected chi connectivity index (χ1v) is 9.62. The third-order valence-corrected chi connectivity index (χ3v) is 4.90. The van der Waals surface area contributed by atoms with E-state index in [4.69, 9.17) is 0 Å². The van der Waals surface area contributed by atoms with Gasteiger partial charge in [0.2, 0.25) is 0 Å². The normalized spacial score (nSPS) is 13.4. The number of hydrogen-bond donors (Lipinski definition) is 2. The Hall–Kier alpha value is -3.34. The average Bonchev–Trinajstić information content (AvgIpc) is 3.24. The van der Waals surface area contributed by atoms with Crippen LogP contribution in [0.5, 0.6) is 0 Å². The van der Waals surface area contributed by atoms with Crippen molar-refractivity contribution in [3.05, 3.63) is 78.1 Å². The second kappa shape index (κ2) is 8.13. The molecule has 142 valence electrons. The Balaban J connectivity index is 1.44. The van der Waals surface area contributed by atoms with Gasteiger partial charge < -0.3 is 15.5 Å². The highest BCUT2D eigenvalue weighted by molar-refractivity contribution is 6.04. The molecule has 0 saturated carbocycles. The molecule has 0 unspecified atom stereocenters. The first-order chi connectivity index (χ1) is 13.7. The van der Waals surface area contributed by atoms with Crippen molar-refractivity contribution in [2.24, 2.45) is 0 Å². The van der Waals surface area contributed by atoms with Gasteiger partial charge in [-0.05, 0) is 67.8 Å². The Labute approximate surface area is 165 Å². The molecule has 4 rings (SSSR count). The summed E-state index contributed by atoms with van der Waals surface area (Å²) in [6.07, 6.45) is 5.83. The third kappa shape index (κ3) is 4.31. The van der Waals surface area contributed by atoms with Crippen LogP contribution in [0, 0.1) is 6.92 Å². The van der Waals surface area contributed by atoms with Crippen molar-refractivity contribution in [1.82, 2.24) is 4.98 Å². The summed E-state index contributed by atoms with van der Waals surface area (Å²) in [5.74, 6) is -0.175. The molecule has 28 heavy (non-hydrogen) atoms. The fourth-order valence-corrected chi connectivity index (χ4v) is 3.46. The smallest absolute Gasteiger partial charge is 0.257 e. The number of carbonyl (C=O) groups is 1. The molecule has 0 atom stereocenters. The van der Waals surface area contributed by atoms with Crippen molar-refractivity contribution in [3.8, 4) is 0 Å². The molecule has 1 saturated heterocycles. The van der Waals surface area contributed by atoms with E-state index in [0.717, 1.165) is 35.7 Å². The number of aromatic nitrogens is 1. The van der Waals surface area contributed by atoms with Gasteiger partial charge in [0.05, 0.1) is 17.4 Å². The van der Waals surface area contributed by atoms with Crippen molar-refractivity contribution >= 4 is 28.7 Å². The third-order valence-electron chi connectivity index (χ3n) is 4.90. The predicted molar refractivity (Wildman–Crippen MR) is 115 cm³/mol. The Kier molecular flexibility index (Phi) is 5.24. The van der Waals surface area contributed by atoms with Gasteiger partial charge in [-0.2, -0.15) is 0 Å². The van der Waals surface area contributed by atoms with Crippen LogP contribution in [-0.2, 0) is 0 Å². The lowest BCUT2D eigenvalue weighted by molar-refractivity contribution is 0.102. The van der Waals surface area contributed by atoms with Gasteiger partial charge in [0.1, 0.15) is 0 Å². The second-order valence-electron chi connectivity index (χ2n) is 7.15. The molecule has 1 amide bonds. The van der Waals surface area contributed by atoms with Gasteiger partial charge in [0, 0.05) is 36.3 Å². The van der Waals surface area contributed by atoms with Crippen LogP contribution in [0.4, 0.5) is 22.7 Å². The first kappa shape index (κ1) is 18.0. The van der Waals surface area contributed by atoms with Gasteiger partial charge in [-0.25, -0.2) is 0 Å². The second-order valence-corrected chi connectivity index (χ2v) is 7.15. The molecule has 2 heterocycles. The number of nitrogens with zero attached hydrogens (tertiary/aromatic N) is 2. The average molecular weight is 372 g/mol. The van der Waals surface area contributed by atoms with Crippen LogP contribution in [0.15, 0.2) is 67.0 Å². The molecular formula is C23H24N4O. The maximum Gasteiger partial charge on any atom is 0.257 e. The number of anilines is 4. The maximum absolute atomic E-state index is 12.5. The molecule has 1 aliphatic rings. The van der Waals surface area contributed by atoms with E-state index >= 15 is 0 Å². The summed E-state index contributed by atoms with van der Waals surface area (Å²) in [4.78, 5) is 19.2. The molecular weight excluding hydrogens is 348 g/mol. The minimum Gasteiger partial charge on any atom is -0.372 e. The minimum absolute atomic E-state index is 0.175. The summed E-state index contributed by atoms with van der Waals surface area (Å²) < 4.78 is 0. The van der Waals surface area contributed by atoms with Gasteiger partial charge in [0.15, 0.2) is 0 Å². The van der Waals surface area contributed by atoms with Crippen molar-refractivity contribution in [2.45, 2.75) is 19.8 Å². The van der Waals surface area contributed by atoms with Gasteiger partial charge in [-0.1, -0.05) is 12.1 Å². The molecule has 0 spiro atoms. The van der Waals surface area contributed by atoms with Crippen molar-refractivity contribution in [2.75, 3.05) is 28.6 Å². The van der Waals surface area contributed by atoms with Gasteiger partial charge >= 0.3 is 0 Å². The van der Waals surface area contributed by atoms with Gasteiger partial charge in [-0.3, -0.25) is 9.78 Å². The van der Waals surface area contributed by atoms with E-state index in [1.807, 2.05) is 37.3 Å². The van der Waals surface area contributed by atoms with Crippen molar-refractivity contribution < 1.29 is 4.79 Å². The number of benzene rings is 2. The molecule has 1 aromatic heterocycles. The molecule has 0 radical (unpaired) electrons. The lowest BCUT2D eigenvalue weighted by Gasteiger charge is -2.18. The lowest BCUT2D eigenvalue weighted by Crippen LogP contribution is -2.17. The molecule has 0 bridgehead atoms. The molecule has 2 N–H and O–H groups in total. The Bertz CT molecular complexity index is 962. The first-order valence-electron chi connectivity index (χ1n) is 9.62. The highest BCUT2D eigenvalue weighted by Crippen LogP contribution is 2.24. The van der Waals surface area contributed by atoms with E-state index in [0.29, 0.717) is 5.56 Å². The van der Waals surface area contributed by atoms with Crippen LogP contribution < -0.4 is 15.5 Å². The number of hydrogen-bond acceptors (Lipinski definition) is 4. The summed E-state index contributed by atoms with van der Waals surface area (Å²) in [6.45, 7) is 4.26. The Morgan fingerprint density at radius 1 is 0.929 bits per heavy atom. The molecule has 5 heteroatoms. The van der Waals surface area contributed by atoms with Crippen molar-refractivity contribution in [3.63, 3.8) is 0 Å². The number of pyridine rings is 1. The van der Waals surface area contributed by atoms with E-state index in [9.17, 15) is 4.79 Å². The standard InChI is InChI=1S/C23H24N4O/c1-17-5-4-6-20(13-17)26-23(28)18-14-21(16-24-15-18)25-19-7-9-22(10-8-19)27-11-2-3-12-27/h4-10,13-16,25H,2-3,11-12H2,1H3,(H,26,28). The van der Waals surface area contributed by atoms with E-state index < -0.39 is 0 Å². The fourth-order valence-electron chi connectivity index (χ4n) is 3.46. The minimum atomic E-state index is -0.175. The summed E-state index contributed by atoms with van der Waals surface area (Å²) >= 11 is 0. The molecule has 3 aromatic rings. The van der Waals surface area contributed by atoms with Gasteiger partial charge in [-0.15, -0.1) is 0 Å². The van der Waals surface area contributed by atoms with Crippen LogP contribution >= 0.6 is 0 Å². The molecule has 2 aromatic carbocycles. The lowest BCUT2D eigenvalue weighted by atomic mass is 10.2.